The quantitative estimate of drug-likeness (QED) is 0.896. The number of fused-ring (bicyclic) bond motifs is 1. The van der Waals surface area contributed by atoms with Gasteiger partial charge >= 0.3 is 0 Å². The van der Waals surface area contributed by atoms with Crippen LogP contribution in [0.1, 0.15) is 49.1 Å². The molecule has 0 saturated carbocycles. The van der Waals surface area contributed by atoms with Crippen LogP contribution < -0.4 is 5.32 Å². The summed E-state index contributed by atoms with van der Waals surface area (Å²) in [7, 11) is 0. The molecule has 0 spiro atoms. The lowest BCUT2D eigenvalue weighted by Gasteiger charge is -2.29. The molecule has 1 aromatic rings. The summed E-state index contributed by atoms with van der Waals surface area (Å²) in [5, 5.41) is 3.57. The van der Waals surface area contributed by atoms with Crippen LogP contribution in [-0.4, -0.2) is 31.1 Å². The van der Waals surface area contributed by atoms with Gasteiger partial charge in [0.1, 0.15) is 0 Å². The zero-order valence-corrected chi connectivity index (χ0v) is 11.9. The molecule has 2 heteroatoms. The first kappa shape index (κ1) is 13.1. The minimum Gasteiger partial charge on any atom is -0.312 e. The second kappa shape index (κ2) is 6.53. The number of nitrogens with one attached hydrogen (secondary N) is 1. The minimum atomic E-state index is 0.716. The Bertz CT molecular complexity index is 394. The van der Waals surface area contributed by atoms with E-state index < -0.39 is 0 Å². The van der Waals surface area contributed by atoms with E-state index in [1.54, 1.807) is 5.56 Å². The van der Waals surface area contributed by atoms with Crippen LogP contribution in [0.25, 0.3) is 0 Å². The van der Waals surface area contributed by atoms with Gasteiger partial charge in [-0.3, -0.25) is 0 Å². The van der Waals surface area contributed by atoms with Crippen LogP contribution in [0.3, 0.4) is 0 Å². The molecular formula is C17H26N2. The summed E-state index contributed by atoms with van der Waals surface area (Å²) in [5.41, 5.74) is 3.10. The largest absolute Gasteiger partial charge is 0.312 e. The minimum absolute atomic E-state index is 0.716. The molecule has 2 aliphatic rings. The number of benzene rings is 1. The molecular weight excluding hydrogens is 232 g/mol. The van der Waals surface area contributed by atoms with Gasteiger partial charge in [0.25, 0.3) is 0 Å². The van der Waals surface area contributed by atoms with Gasteiger partial charge in [-0.05, 0) is 55.9 Å². The van der Waals surface area contributed by atoms with Crippen LogP contribution in [0.15, 0.2) is 24.3 Å². The van der Waals surface area contributed by atoms with E-state index in [4.69, 9.17) is 0 Å². The average molecular weight is 258 g/mol. The first-order valence-corrected chi connectivity index (χ1v) is 7.94. The lowest BCUT2D eigenvalue weighted by atomic mass is 9.88. The van der Waals surface area contributed by atoms with E-state index in [-0.39, 0.29) is 0 Å². The molecule has 2 heterocycles. The van der Waals surface area contributed by atoms with Gasteiger partial charge in [0.2, 0.25) is 0 Å². The van der Waals surface area contributed by atoms with Gasteiger partial charge in [-0.2, -0.15) is 0 Å². The fraction of sp³-hybridized carbons (Fsp3) is 0.647. The zero-order chi connectivity index (χ0) is 12.9. The molecule has 1 unspecified atom stereocenters. The van der Waals surface area contributed by atoms with Crippen molar-refractivity contribution in [1.29, 1.82) is 0 Å². The van der Waals surface area contributed by atoms with E-state index in [2.05, 4.69) is 34.5 Å². The molecule has 0 bridgehead atoms. The van der Waals surface area contributed by atoms with Crippen LogP contribution in [0.4, 0.5) is 0 Å². The average Bonchev–Trinajstić information content (AvgIpc) is 2.74. The van der Waals surface area contributed by atoms with E-state index in [0.717, 1.165) is 13.1 Å². The van der Waals surface area contributed by atoms with Crippen molar-refractivity contribution in [3.8, 4) is 0 Å². The van der Waals surface area contributed by atoms with Crippen LogP contribution in [0.5, 0.6) is 0 Å². The molecule has 1 fully saturated rings. The Kier molecular flexibility index (Phi) is 4.52. The highest BCUT2D eigenvalue weighted by Gasteiger charge is 2.20. The number of rotatable bonds is 3. The van der Waals surface area contributed by atoms with Crippen LogP contribution in [0, 0.1) is 0 Å². The maximum Gasteiger partial charge on any atom is 0.0208 e. The molecule has 2 nitrogen and oxygen atoms in total. The van der Waals surface area contributed by atoms with Crippen molar-refractivity contribution in [2.45, 2.75) is 44.6 Å². The summed E-state index contributed by atoms with van der Waals surface area (Å²) < 4.78 is 0. The van der Waals surface area contributed by atoms with Gasteiger partial charge < -0.3 is 10.2 Å². The molecule has 2 aliphatic heterocycles. The van der Waals surface area contributed by atoms with Crippen molar-refractivity contribution in [2.24, 2.45) is 0 Å². The summed E-state index contributed by atoms with van der Waals surface area (Å²) in [6, 6.07) is 8.98. The topological polar surface area (TPSA) is 15.3 Å². The molecule has 0 radical (unpaired) electrons. The van der Waals surface area contributed by atoms with Gasteiger partial charge in [-0.1, -0.05) is 37.1 Å². The van der Waals surface area contributed by atoms with Gasteiger partial charge in [-0.25, -0.2) is 0 Å². The lowest BCUT2D eigenvalue weighted by Crippen LogP contribution is -2.32. The molecule has 0 amide bonds. The second-order valence-electron chi connectivity index (χ2n) is 6.07. The van der Waals surface area contributed by atoms with E-state index in [1.807, 2.05) is 0 Å². The molecule has 1 saturated heterocycles. The number of hydrogen-bond donors (Lipinski definition) is 1. The Morgan fingerprint density at radius 3 is 2.68 bits per heavy atom. The first-order valence-electron chi connectivity index (χ1n) is 7.94. The van der Waals surface area contributed by atoms with E-state index in [0.29, 0.717) is 5.92 Å². The fourth-order valence-corrected chi connectivity index (χ4v) is 3.54. The van der Waals surface area contributed by atoms with Gasteiger partial charge in [0.05, 0.1) is 0 Å². The van der Waals surface area contributed by atoms with Crippen LogP contribution in [0.2, 0.25) is 0 Å². The van der Waals surface area contributed by atoms with E-state index >= 15 is 0 Å². The third-order valence-electron chi connectivity index (χ3n) is 4.69. The number of likely N-dealkylation sites (tertiary alicyclic amines) is 1. The summed E-state index contributed by atoms with van der Waals surface area (Å²) in [6.45, 7) is 6.13. The molecule has 0 aliphatic carbocycles. The summed E-state index contributed by atoms with van der Waals surface area (Å²) in [4.78, 5) is 2.68. The third-order valence-corrected chi connectivity index (χ3v) is 4.69. The highest BCUT2D eigenvalue weighted by atomic mass is 15.1. The van der Waals surface area contributed by atoms with E-state index in [1.165, 1.54) is 57.3 Å². The third kappa shape index (κ3) is 3.37. The molecule has 19 heavy (non-hydrogen) atoms. The Morgan fingerprint density at radius 1 is 1.05 bits per heavy atom. The highest BCUT2D eigenvalue weighted by Crippen LogP contribution is 2.27. The molecule has 1 aromatic carbocycles. The highest BCUT2D eigenvalue weighted by molar-refractivity contribution is 5.32. The van der Waals surface area contributed by atoms with Gasteiger partial charge in [-0.15, -0.1) is 0 Å². The van der Waals surface area contributed by atoms with Crippen molar-refractivity contribution >= 4 is 0 Å². The smallest absolute Gasteiger partial charge is 0.0208 e. The molecule has 1 atom stereocenters. The lowest BCUT2D eigenvalue weighted by molar-refractivity contribution is 0.270. The molecule has 3 rings (SSSR count). The summed E-state index contributed by atoms with van der Waals surface area (Å²) in [6.07, 6.45) is 6.98. The number of hydrogen-bond acceptors (Lipinski definition) is 2. The van der Waals surface area contributed by atoms with Gasteiger partial charge in [0.15, 0.2) is 0 Å². The monoisotopic (exact) mass is 258 g/mol. The second-order valence-corrected chi connectivity index (χ2v) is 6.07. The molecule has 104 valence electrons. The van der Waals surface area contributed by atoms with Gasteiger partial charge in [0, 0.05) is 13.1 Å². The Balaban J connectivity index is 1.58. The predicted octanol–water partition coefficient (Wildman–Crippen LogP) is 3.14. The standard InChI is InChI=1S/C17H26N2/c1-2-6-11-19(10-5-1)12-9-16-14-18-13-15-7-3-4-8-17(15)16/h3-4,7-8,16,18H,1-2,5-6,9-14H2. The molecule has 0 aromatic heterocycles. The number of nitrogens with zero attached hydrogens (tertiary/aromatic N) is 1. The normalized spacial score (nSPS) is 24.7. The van der Waals surface area contributed by atoms with Crippen LogP contribution in [-0.2, 0) is 6.54 Å². The van der Waals surface area contributed by atoms with E-state index in [9.17, 15) is 0 Å². The maximum absolute atomic E-state index is 3.57. The first-order chi connectivity index (χ1) is 9.43. The van der Waals surface area contributed by atoms with Crippen molar-refractivity contribution in [3.63, 3.8) is 0 Å². The van der Waals surface area contributed by atoms with Crippen LogP contribution >= 0.6 is 0 Å². The molecule has 1 N–H and O–H groups in total. The van der Waals surface area contributed by atoms with Crippen molar-refractivity contribution < 1.29 is 0 Å². The summed E-state index contributed by atoms with van der Waals surface area (Å²) >= 11 is 0. The van der Waals surface area contributed by atoms with Crippen molar-refractivity contribution in [3.05, 3.63) is 35.4 Å². The Morgan fingerprint density at radius 2 is 1.84 bits per heavy atom. The predicted molar refractivity (Wildman–Crippen MR) is 80.4 cm³/mol. The van der Waals surface area contributed by atoms with Crippen molar-refractivity contribution in [2.75, 3.05) is 26.2 Å². The summed E-state index contributed by atoms with van der Waals surface area (Å²) in [5.74, 6) is 0.716. The SMILES string of the molecule is c1ccc2c(c1)CNCC2CCN1CCCCCC1. The Hall–Kier alpha value is -0.860. The van der Waals surface area contributed by atoms with Crippen molar-refractivity contribution in [1.82, 2.24) is 10.2 Å². The zero-order valence-electron chi connectivity index (χ0n) is 11.9. The Labute approximate surface area is 117 Å². The maximum atomic E-state index is 3.57. The fourth-order valence-electron chi connectivity index (χ4n) is 3.54.